The van der Waals surface area contributed by atoms with Crippen molar-refractivity contribution in [1.29, 1.82) is 0 Å². The van der Waals surface area contributed by atoms with Crippen molar-refractivity contribution < 1.29 is 27.5 Å². The third kappa shape index (κ3) is 4.58. The Balaban J connectivity index is 2.44. The van der Waals surface area contributed by atoms with Crippen molar-refractivity contribution in [3.63, 3.8) is 0 Å². The van der Waals surface area contributed by atoms with Crippen LogP contribution in [0.5, 0.6) is 11.5 Å². The maximum absolute atomic E-state index is 13.1. The standard InChI is InChI=1S/C17H20N2O6S2/c1-18-16(20)17(21)19-10-14(27(22,23)15-5-4-8-26-15)11-6-7-12(24-2)13(9-11)25-3/h4-9,14H,10H2,1-3H3,(H,18,20)(H,19,21)/t14-/m0/s1. The first kappa shape index (κ1) is 20.7. The molecule has 0 radical (unpaired) electrons. The lowest BCUT2D eigenvalue weighted by molar-refractivity contribution is -0.138. The Kier molecular flexibility index (Phi) is 6.81. The molecule has 1 aromatic heterocycles. The summed E-state index contributed by atoms with van der Waals surface area (Å²) in [5, 5.41) is 5.11. The molecular formula is C17H20N2O6S2. The van der Waals surface area contributed by atoms with Crippen LogP contribution in [0.25, 0.3) is 0 Å². The van der Waals surface area contributed by atoms with E-state index in [1.807, 2.05) is 0 Å². The summed E-state index contributed by atoms with van der Waals surface area (Å²) in [6, 6.07) is 7.84. The highest BCUT2D eigenvalue weighted by Crippen LogP contribution is 2.36. The quantitative estimate of drug-likeness (QED) is 0.660. The molecule has 0 unspecified atom stereocenters. The van der Waals surface area contributed by atoms with Gasteiger partial charge in [-0.1, -0.05) is 12.1 Å². The van der Waals surface area contributed by atoms with E-state index in [1.165, 1.54) is 27.3 Å². The summed E-state index contributed by atoms with van der Waals surface area (Å²) in [6.45, 7) is -0.276. The Morgan fingerprint density at radius 1 is 1.11 bits per heavy atom. The Hall–Kier alpha value is -2.59. The van der Waals surface area contributed by atoms with Crippen molar-refractivity contribution in [2.24, 2.45) is 0 Å². The second kappa shape index (κ2) is 8.87. The molecule has 27 heavy (non-hydrogen) atoms. The zero-order valence-electron chi connectivity index (χ0n) is 15.0. The van der Waals surface area contributed by atoms with E-state index in [1.54, 1.807) is 29.6 Å². The average molecular weight is 412 g/mol. The van der Waals surface area contributed by atoms with Crippen molar-refractivity contribution >= 4 is 33.0 Å². The number of rotatable bonds is 7. The third-order valence-electron chi connectivity index (χ3n) is 3.81. The van der Waals surface area contributed by atoms with Gasteiger partial charge >= 0.3 is 11.8 Å². The Labute approximate surface area is 161 Å². The number of sulfone groups is 1. The summed E-state index contributed by atoms with van der Waals surface area (Å²) < 4.78 is 36.8. The summed E-state index contributed by atoms with van der Waals surface area (Å²) in [5.41, 5.74) is 0.401. The highest BCUT2D eigenvalue weighted by atomic mass is 32.2. The summed E-state index contributed by atoms with van der Waals surface area (Å²) in [7, 11) is 0.423. The van der Waals surface area contributed by atoms with E-state index in [4.69, 9.17) is 9.47 Å². The molecule has 0 aliphatic rings. The molecule has 10 heteroatoms. The predicted molar refractivity (Wildman–Crippen MR) is 101 cm³/mol. The van der Waals surface area contributed by atoms with Crippen molar-refractivity contribution in [3.05, 3.63) is 41.3 Å². The van der Waals surface area contributed by atoms with E-state index >= 15 is 0 Å². The minimum absolute atomic E-state index is 0.163. The second-order valence-corrected chi connectivity index (χ2v) is 8.67. The van der Waals surface area contributed by atoms with Crippen LogP contribution in [0.15, 0.2) is 39.9 Å². The number of nitrogens with one attached hydrogen (secondary N) is 2. The van der Waals surface area contributed by atoms with E-state index in [0.29, 0.717) is 17.1 Å². The molecule has 2 amide bonds. The van der Waals surface area contributed by atoms with E-state index < -0.39 is 26.9 Å². The Morgan fingerprint density at radius 2 is 1.81 bits per heavy atom. The fourth-order valence-corrected chi connectivity index (χ4v) is 5.26. The van der Waals surface area contributed by atoms with Gasteiger partial charge < -0.3 is 20.1 Å². The maximum Gasteiger partial charge on any atom is 0.309 e. The van der Waals surface area contributed by atoms with E-state index in [0.717, 1.165) is 11.3 Å². The molecule has 1 heterocycles. The molecule has 0 fully saturated rings. The molecule has 0 aliphatic carbocycles. The monoisotopic (exact) mass is 412 g/mol. The topological polar surface area (TPSA) is 111 Å². The van der Waals surface area contributed by atoms with E-state index in [2.05, 4.69) is 10.6 Å². The summed E-state index contributed by atoms with van der Waals surface area (Å²) >= 11 is 1.08. The van der Waals surface area contributed by atoms with Crippen molar-refractivity contribution in [2.75, 3.05) is 27.8 Å². The Bertz CT molecular complexity index is 910. The highest BCUT2D eigenvalue weighted by molar-refractivity contribution is 7.93. The molecular weight excluding hydrogens is 392 g/mol. The van der Waals surface area contributed by atoms with Crippen LogP contribution < -0.4 is 20.1 Å². The number of hydrogen-bond donors (Lipinski definition) is 2. The number of likely N-dealkylation sites (N-methyl/N-ethyl adjacent to an activating group) is 1. The molecule has 1 atom stereocenters. The third-order valence-corrected chi connectivity index (χ3v) is 7.34. The molecule has 0 aliphatic heterocycles. The number of methoxy groups -OCH3 is 2. The van der Waals surface area contributed by atoms with Crippen molar-refractivity contribution in [2.45, 2.75) is 9.46 Å². The van der Waals surface area contributed by atoms with Gasteiger partial charge in [-0.25, -0.2) is 8.42 Å². The molecule has 1 aromatic carbocycles. The molecule has 0 bridgehead atoms. The number of thiophene rings is 1. The van der Waals surface area contributed by atoms with Crippen LogP contribution in [0, 0.1) is 0 Å². The lowest BCUT2D eigenvalue weighted by atomic mass is 10.1. The predicted octanol–water partition coefficient (Wildman–Crippen LogP) is 1.14. The first-order valence-electron chi connectivity index (χ1n) is 7.84. The number of ether oxygens (including phenoxy) is 2. The van der Waals surface area contributed by atoms with Crippen LogP contribution in [-0.4, -0.2) is 48.0 Å². The SMILES string of the molecule is CNC(=O)C(=O)NC[C@@H](c1ccc(OC)c(OC)c1)S(=O)(=O)c1cccs1. The molecule has 146 valence electrons. The van der Waals surface area contributed by atoms with Crippen LogP contribution in [0.1, 0.15) is 10.8 Å². The van der Waals surface area contributed by atoms with Gasteiger partial charge in [0.05, 0.1) is 14.2 Å². The number of amides is 2. The summed E-state index contributed by atoms with van der Waals surface area (Å²) in [4.78, 5) is 23.2. The minimum Gasteiger partial charge on any atom is -0.493 e. The number of hydrogen-bond acceptors (Lipinski definition) is 7. The molecule has 2 aromatic rings. The lowest BCUT2D eigenvalue weighted by Crippen LogP contribution is -2.40. The number of carbonyl (C=O) groups excluding carboxylic acids is 2. The van der Waals surface area contributed by atoms with Gasteiger partial charge in [0.1, 0.15) is 9.46 Å². The van der Waals surface area contributed by atoms with Gasteiger partial charge in [0.2, 0.25) is 0 Å². The van der Waals surface area contributed by atoms with Crippen LogP contribution >= 0.6 is 11.3 Å². The first-order chi connectivity index (χ1) is 12.8. The number of benzene rings is 1. The molecule has 0 spiro atoms. The smallest absolute Gasteiger partial charge is 0.309 e. The van der Waals surface area contributed by atoms with Crippen LogP contribution in [0.4, 0.5) is 0 Å². The zero-order chi connectivity index (χ0) is 20.0. The van der Waals surface area contributed by atoms with Crippen LogP contribution in [0.3, 0.4) is 0 Å². The van der Waals surface area contributed by atoms with Gasteiger partial charge in [-0.15, -0.1) is 11.3 Å². The summed E-state index contributed by atoms with van der Waals surface area (Å²) in [6.07, 6.45) is 0. The molecule has 0 saturated heterocycles. The maximum atomic E-state index is 13.1. The lowest BCUT2D eigenvalue weighted by Gasteiger charge is -2.19. The Morgan fingerprint density at radius 3 is 2.37 bits per heavy atom. The average Bonchev–Trinajstić information content (AvgIpc) is 3.22. The van der Waals surface area contributed by atoms with Gasteiger partial charge in [0.15, 0.2) is 21.3 Å². The van der Waals surface area contributed by atoms with Gasteiger partial charge in [-0.3, -0.25) is 9.59 Å². The van der Waals surface area contributed by atoms with Gasteiger partial charge in [-0.05, 0) is 29.1 Å². The van der Waals surface area contributed by atoms with Crippen LogP contribution in [-0.2, 0) is 19.4 Å². The van der Waals surface area contributed by atoms with Gasteiger partial charge in [0.25, 0.3) is 0 Å². The summed E-state index contributed by atoms with van der Waals surface area (Å²) in [5.74, 6) is -0.958. The van der Waals surface area contributed by atoms with Crippen LogP contribution in [0.2, 0.25) is 0 Å². The zero-order valence-corrected chi connectivity index (χ0v) is 16.6. The van der Waals surface area contributed by atoms with Crippen molar-refractivity contribution in [1.82, 2.24) is 10.6 Å². The largest absolute Gasteiger partial charge is 0.493 e. The fraction of sp³-hybridized carbons (Fsp3) is 0.294. The number of carbonyl (C=O) groups is 2. The molecule has 0 saturated carbocycles. The normalized spacial score (nSPS) is 12.1. The molecule has 2 rings (SSSR count). The fourth-order valence-electron chi connectivity index (χ4n) is 2.40. The molecule has 2 N–H and O–H groups in total. The highest BCUT2D eigenvalue weighted by Gasteiger charge is 2.31. The van der Waals surface area contributed by atoms with E-state index in [9.17, 15) is 18.0 Å². The van der Waals surface area contributed by atoms with Gasteiger partial charge in [0, 0.05) is 13.6 Å². The van der Waals surface area contributed by atoms with Crippen molar-refractivity contribution in [3.8, 4) is 11.5 Å². The minimum atomic E-state index is -3.81. The first-order valence-corrected chi connectivity index (χ1v) is 10.3. The van der Waals surface area contributed by atoms with Gasteiger partial charge in [-0.2, -0.15) is 0 Å². The molecule has 8 nitrogen and oxygen atoms in total. The van der Waals surface area contributed by atoms with E-state index in [-0.39, 0.29) is 10.8 Å². The second-order valence-electron chi connectivity index (χ2n) is 5.37.